The average Bonchev–Trinajstić information content (AvgIpc) is 3.46. The van der Waals surface area contributed by atoms with Crippen LogP contribution in [0.5, 0.6) is 5.75 Å². The average molecular weight is 455 g/mol. The van der Waals surface area contributed by atoms with Crippen LogP contribution in [0.25, 0.3) is 0 Å². The Morgan fingerprint density at radius 1 is 1.30 bits per heavy atom. The molecule has 0 aliphatic heterocycles. The van der Waals surface area contributed by atoms with E-state index < -0.39 is 16.8 Å². The van der Waals surface area contributed by atoms with E-state index in [1.54, 1.807) is 38.1 Å². The van der Waals surface area contributed by atoms with Gasteiger partial charge in [-0.15, -0.1) is 0 Å². The molecule has 0 fully saturated rings. The number of hydrogen-bond donors (Lipinski definition) is 2. The van der Waals surface area contributed by atoms with Gasteiger partial charge < -0.3 is 14.3 Å². The van der Waals surface area contributed by atoms with Gasteiger partial charge in [-0.3, -0.25) is 19.6 Å². The number of ether oxygens (including phenoxy) is 1. The maximum Gasteiger partial charge on any atom is 0.371 e. The van der Waals surface area contributed by atoms with Crippen molar-refractivity contribution < 1.29 is 28.8 Å². The molecule has 33 heavy (non-hydrogen) atoms. The molecule has 172 valence electrons. The van der Waals surface area contributed by atoms with Gasteiger partial charge in [0, 0.05) is 0 Å². The van der Waals surface area contributed by atoms with Crippen molar-refractivity contribution in [3.05, 3.63) is 76.0 Å². The summed E-state index contributed by atoms with van der Waals surface area (Å²) in [5, 5.41) is 27.5. The molecule has 2 N–H and O–H groups in total. The van der Waals surface area contributed by atoms with Crippen molar-refractivity contribution in [1.82, 2.24) is 15.2 Å². The second-order valence-corrected chi connectivity index (χ2v) is 7.14. The molecule has 0 bridgehead atoms. The number of carboxylic acids is 1. The molecule has 0 spiro atoms. The lowest BCUT2D eigenvalue weighted by atomic mass is 10.1. The fourth-order valence-corrected chi connectivity index (χ4v) is 2.74. The standard InChI is InChI=1S/C21H21N5O7/c1-13(10-25-11-16(9-22-25)26(30)31)20(27)24-23-14(2)15-3-5-17(6-4-15)32-12-18-7-8-19(33-18)21(28)29/h3-9,11,13H,10,12H2,1-2H3,(H,24,27)(H,28,29)/b23-14+/t13-/m0/s1. The molecule has 0 saturated heterocycles. The van der Waals surface area contributed by atoms with E-state index >= 15 is 0 Å². The topological polar surface area (TPSA) is 162 Å². The molecule has 0 saturated carbocycles. The molecule has 0 unspecified atom stereocenters. The number of nitrogens with zero attached hydrogens (tertiary/aromatic N) is 4. The van der Waals surface area contributed by atoms with Crippen LogP contribution < -0.4 is 10.2 Å². The molecule has 0 aliphatic rings. The van der Waals surface area contributed by atoms with E-state index in [2.05, 4.69) is 15.6 Å². The maximum atomic E-state index is 12.3. The van der Waals surface area contributed by atoms with Crippen molar-refractivity contribution in [1.29, 1.82) is 0 Å². The smallest absolute Gasteiger partial charge is 0.371 e. The first-order chi connectivity index (χ1) is 15.7. The molecule has 2 aromatic heterocycles. The lowest BCUT2D eigenvalue weighted by molar-refractivity contribution is -0.385. The van der Waals surface area contributed by atoms with Gasteiger partial charge in [-0.1, -0.05) is 6.92 Å². The summed E-state index contributed by atoms with van der Waals surface area (Å²) in [7, 11) is 0. The summed E-state index contributed by atoms with van der Waals surface area (Å²) in [5.41, 5.74) is 3.66. The third kappa shape index (κ3) is 6.26. The largest absolute Gasteiger partial charge is 0.486 e. The molecule has 3 aromatic rings. The van der Waals surface area contributed by atoms with Crippen LogP contribution in [0.2, 0.25) is 0 Å². The third-order valence-corrected chi connectivity index (χ3v) is 4.60. The number of hydrazone groups is 1. The number of rotatable bonds is 10. The van der Waals surface area contributed by atoms with Crippen LogP contribution in [0.15, 0.2) is 58.3 Å². The van der Waals surface area contributed by atoms with Gasteiger partial charge in [0.15, 0.2) is 0 Å². The second-order valence-electron chi connectivity index (χ2n) is 7.14. The summed E-state index contributed by atoms with van der Waals surface area (Å²) in [6.45, 7) is 3.64. The van der Waals surface area contributed by atoms with Crippen molar-refractivity contribution in [3.63, 3.8) is 0 Å². The number of carbonyl (C=O) groups excluding carboxylic acids is 1. The Kier molecular flexibility index (Phi) is 7.18. The van der Waals surface area contributed by atoms with Gasteiger partial charge in [0.2, 0.25) is 11.7 Å². The van der Waals surface area contributed by atoms with E-state index in [4.69, 9.17) is 14.3 Å². The number of amides is 1. The number of nitrogens with one attached hydrogen (secondary N) is 1. The SMILES string of the molecule is C/C(=N\NC(=O)[C@@H](C)Cn1cc([N+](=O)[O-])cn1)c1ccc(OCc2ccc(C(=O)O)o2)cc1. The Balaban J connectivity index is 1.51. The summed E-state index contributed by atoms with van der Waals surface area (Å²) >= 11 is 0. The zero-order valence-corrected chi connectivity index (χ0v) is 17.8. The Hall–Kier alpha value is -4.48. The number of aromatic nitrogens is 2. The molecule has 1 amide bonds. The van der Waals surface area contributed by atoms with Crippen molar-refractivity contribution in [2.24, 2.45) is 11.0 Å². The number of carbonyl (C=O) groups is 2. The Morgan fingerprint density at radius 3 is 2.64 bits per heavy atom. The van der Waals surface area contributed by atoms with Crippen LogP contribution in [0.4, 0.5) is 5.69 Å². The van der Waals surface area contributed by atoms with Crippen molar-refractivity contribution in [2.45, 2.75) is 27.0 Å². The van der Waals surface area contributed by atoms with Crippen LogP contribution in [-0.2, 0) is 17.9 Å². The minimum Gasteiger partial charge on any atom is -0.486 e. The van der Waals surface area contributed by atoms with Crippen LogP contribution in [-0.4, -0.2) is 37.4 Å². The van der Waals surface area contributed by atoms with Crippen molar-refractivity contribution in [2.75, 3.05) is 0 Å². The van der Waals surface area contributed by atoms with E-state index in [9.17, 15) is 19.7 Å². The van der Waals surface area contributed by atoms with E-state index in [1.807, 2.05) is 0 Å². The minimum absolute atomic E-state index is 0.0764. The Labute approximate surface area is 187 Å². The number of benzene rings is 1. The summed E-state index contributed by atoms with van der Waals surface area (Å²) < 4.78 is 12.0. The van der Waals surface area contributed by atoms with Gasteiger partial charge in [0.05, 0.1) is 23.1 Å². The third-order valence-electron chi connectivity index (χ3n) is 4.60. The van der Waals surface area contributed by atoms with E-state index in [0.717, 1.165) is 11.8 Å². The van der Waals surface area contributed by atoms with Crippen LogP contribution >= 0.6 is 0 Å². The molecule has 12 nitrogen and oxygen atoms in total. The molecular weight excluding hydrogens is 434 g/mol. The lowest BCUT2D eigenvalue weighted by Crippen LogP contribution is -2.29. The number of carboxylic acid groups (broad SMARTS) is 1. The molecule has 1 aromatic carbocycles. The molecule has 1 atom stereocenters. The Bertz CT molecular complexity index is 1180. The van der Waals surface area contributed by atoms with Gasteiger partial charge in [0.1, 0.15) is 30.5 Å². The number of aromatic carboxylic acids is 1. The van der Waals surface area contributed by atoms with Crippen molar-refractivity contribution in [3.8, 4) is 5.75 Å². The number of hydrogen-bond acceptors (Lipinski definition) is 8. The predicted molar refractivity (Wildman–Crippen MR) is 115 cm³/mol. The first-order valence-electron chi connectivity index (χ1n) is 9.79. The highest BCUT2D eigenvalue weighted by atomic mass is 16.6. The molecule has 12 heteroatoms. The summed E-state index contributed by atoms with van der Waals surface area (Å²) in [6, 6.07) is 9.84. The Morgan fingerprint density at radius 2 is 2.03 bits per heavy atom. The van der Waals surface area contributed by atoms with E-state index in [-0.39, 0.29) is 30.5 Å². The normalized spacial score (nSPS) is 12.2. The highest BCUT2D eigenvalue weighted by Crippen LogP contribution is 2.16. The number of furan rings is 1. The minimum atomic E-state index is -1.15. The highest BCUT2D eigenvalue weighted by Gasteiger charge is 2.16. The summed E-state index contributed by atoms with van der Waals surface area (Å²) in [6.07, 6.45) is 2.39. The van der Waals surface area contributed by atoms with Crippen LogP contribution in [0.3, 0.4) is 0 Å². The molecule has 3 rings (SSSR count). The van der Waals surface area contributed by atoms with Gasteiger partial charge in [-0.05, 0) is 48.9 Å². The predicted octanol–water partition coefficient (Wildman–Crippen LogP) is 2.84. The van der Waals surface area contributed by atoms with E-state index in [0.29, 0.717) is 17.2 Å². The van der Waals surface area contributed by atoms with Gasteiger partial charge in [-0.25, -0.2) is 10.2 Å². The molecule has 0 radical (unpaired) electrons. The number of nitro groups is 1. The van der Waals surface area contributed by atoms with Crippen LogP contribution in [0.1, 0.15) is 35.7 Å². The molecular formula is C21H21N5O7. The molecule has 0 aliphatic carbocycles. The monoisotopic (exact) mass is 455 g/mol. The summed E-state index contributed by atoms with van der Waals surface area (Å²) in [5.74, 6) is -1.24. The fraction of sp³-hybridized carbons (Fsp3) is 0.238. The van der Waals surface area contributed by atoms with Gasteiger partial charge in [-0.2, -0.15) is 10.2 Å². The lowest BCUT2D eigenvalue weighted by Gasteiger charge is -2.10. The second kappa shape index (κ2) is 10.2. The zero-order chi connectivity index (χ0) is 24.0. The maximum absolute atomic E-state index is 12.3. The first kappa shape index (κ1) is 23.2. The fourth-order valence-electron chi connectivity index (χ4n) is 2.74. The van der Waals surface area contributed by atoms with Crippen molar-refractivity contribution >= 4 is 23.3 Å². The zero-order valence-electron chi connectivity index (χ0n) is 17.8. The first-order valence-corrected chi connectivity index (χ1v) is 9.79. The highest BCUT2D eigenvalue weighted by molar-refractivity contribution is 5.99. The van der Waals surface area contributed by atoms with Gasteiger partial charge >= 0.3 is 11.7 Å². The summed E-state index contributed by atoms with van der Waals surface area (Å²) in [4.78, 5) is 33.3. The van der Waals surface area contributed by atoms with E-state index in [1.165, 1.54) is 23.0 Å². The molecule has 2 heterocycles. The van der Waals surface area contributed by atoms with Gasteiger partial charge in [0.25, 0.3) is 0 Å². The quantitative estimate of drug-likeness (QED) is 0.268. The van der Waals surface area contributed by atoms with Crippen LogP contribution in [0, 0.1) is 16.0 Å².